The number of hydrogen-bond acceptors (Lipinski definition) is 4. The van der Waals surface area contributed by atoms with Gasteiger partial charge in [0.05, 0.1) is 11.7 Å². The highest BCUT2D eigenvalue weighted by molar-refractivity contribution is 7.89. The molecule has 1 aromatic carbocycles. The molecule has 1 heterocycles. The molecular weight excluding hydrogens is 314 g/mol. The molecule has 0 aliphatic heterocycles. The van der Waals surface area contributed by atoms with Gasteiger partial charge in [-0.15, -0.1) is 5.10 Å². The third-order valence-corrected chi connectivity index (χ3v) is 5.51. The molecule has 1 aliphatic rings. The standard InChI is InChI=1S/C13H14F2N4O2S/c1-19-11(8-16-18-19)22(20,21)17-13(6-3-7-13)12-9(14)4-2-5-10(12)15/h2,4-5,8,17H,3,6-7H2,1H3. The van der Waals surface area contributed by atoms with Gasteiger partial charge >= 0.3 is 0 Å². The molecule has 0 spiro atoms. The zero-order chi connectivity index (χ0) is 16.0. The van der Waals surface area contributed by atoms with Crippen LogP contribution in [-0.4, -0.2) is 23.4 Å². The second-order valence-corrected chi connectivity index (χ2v) is 6.96. The van der Waals surface area contributed by atoms with Crippen LogP contribution in [0, 0.1) is 11.6 Å². The van der Waals surface area contributed by atoms with Gasteiger partial charge in [0.1, 0.15) is 11.6 Å². The molecule has 1 saturated carbocycles. The summed E-state index contributed by atoms with van der Waals surface area (Å²) < 4.78 is 56.6. The van der Waals surface area contributed by atoms with Gasteiger partial charge < -0.3 is 0 Å². The fourth-order valence-corrected chi connectivity index (χ4v) is 4.22. The molecule has 118 valence electrons. The molecule has 3 rings (SSSR count). The van der Waals surface area contributed by atoms with Crippen molar-refractivity contribution >= 4 is 10.0 Å². The van der Waals surface area contributed by atoms with E-state index in [0.717, 1.165) is 23.0 Å². The van der Waals surface area contributed by atoms with Crippen LogP contribution < -0.4 is 4.72 Å². The molecule has 0 unspecified atom stereocenters. The van der Waals surface area contributed by atoms with E-state index in [4.69, 9.17) is 0 Å². The first-order chi connectivity index (χ1) is 10.4. The smallest absolute Gasteiger partial charge is 0.236 e. The van der Waals surface area contributed by atoms with Crippen LogP contribution in [0.5, 0.6) is 0 Å². The molecule has 0 amide bonds. The summed E-state index contributed by atoms with van der Waals surface area (Å²) in [5.74, 6) is -1.52. The quantitative estimate of drug-likeness (QED) is 0.921. The molecule has 0 radical (unpaired) electrons. The summed E-state index contributed by atoms with van der Waals surface area (Å²) in [5, 5.41) is 6.92. The van der Waals surface area contributed by atoms with Crippen molar-refractivity contribution < 1.29 is 17.2 Å². The van der Waals surface area contributed by atoms with Gasteiger partial charge in [0.25, 0.3) is 10.0 Å². The van der Waals surface area contributed by atoms with Crippen molar-refractivity contribution in [3.8, 4) is 0 Å². The molecule has 1 fully saturated rings. The number of nitrogens with one attached hydrogen (secondary N) is 1. The zero-order valence-corrected chi connectivity index (χ0v) is 12.6. The fourth-order valence-electron chi connectivity index (χ4n) is 2.72. The van der Waals surface area contributed by atoms with Crippen LogP contribution >= 0.6 is 0 Å². The molecule has 1 N–H and O–H groups in total. The van der Waals surface area contributed by atoms with Crippen molar-refractivity contribution in [3.05, 3.63) is 41.6 Å². The molecule has 0 bridgehead atoms. The van der Waals surface area contributed by atoms with Crippen molar-refractivity contribution in [2.45, 2.75) is 29.8 Å². The Morgan fingerprint density at radius 2 is 1.91 bits per heavy atom. The third-order valence-electron chi connectivity index (χ3n) is 3.93. The molecule has 9 heteroatoms. The minimum atomic E-state index is -3.99. The first-order valence-electron chi connectivity index (χ1n) is 6.69. The monoisotopic (exact) mass is 328 g/mol. The number of nitrogens with zero attached hydrogens (tertiary/aromatic N) is 3. The Bertz CT molecular complexity index is 795. The van der Waals surface area contributed by atoms with Gasteiger partial charge in [-0.25, -0.2) is 21.9 Å². The predicted molar refractivity (Wildman–Crippen MR) is 73.2 cm³/mol. The number of hydrogen-bond donors (Lipinski definition) is 1. The third kappa shape index (κ3) is 2.30. The van der Waals surface area contributed by atoms with Crippen molar-refractivity contribution in [1.82, 2.24) is 19.7 Å². The molecule has 6 nitrogen and oxygen atoms in total. The Morgan fingerprint density at radius 3 is 2.36 bits per heavy atom. The Hall–Kier alpha value is -1.87. The molecule has 1 aromatic heterocycles. The largest absolute Gasteiger partial charge is 0.260 e. The van der Waals surface area contributed by atoms with Crippen molar-refractivity contribution in [2.24, 2.45) is 7.05 Å². The lowest BCUT2D eigenvalue weighted by molar-refractivity contribution is 0.208. The van der Waals surface area contributed by atoms with Crippen LogP contribution in [-0.2, 0) is 22.6 Å². The van der Waals surface area contributed by atoms with E-state index in [0.29, 0.717) is 19.3 Å². The minimum Gasteiger partial charge on any atom is -0.236 e. The van der Waals surface area contributed by atoms with Gasteiger partial charge in [-0.2, -0.15) is 4.72 Å². The highest BCUT2D eigenvalue weighted by Crippen LogP contribution is 2.44. The maximum Gasteiger partial charge on any atom is 0.260 e. The van der Waals surface area contributed by atoms with Crippen molar-refractivity contribution in [3.63, 3.8) is 0 Å². The van der Waals surface area contributed by atoms with E-state index in [1.807, 2.05) is 0 Å². The average molecular weight is 328 g/mol. The summed E-state index contributed by atoms with van der Waals surface area (Å²) in [6.45, 7) is 0. The second kappa shape index (κ2) is 5.10. The Morgan fingerprint density at radius 1 is 1.27 bits per heavy atom. The Labute approximate surface area is 126 Å². The van der Waals surface area contributed by atoms with Gasteiger partial charge in [0.15, 0.2) is 5.03 Å². The van der Waals surface area contributed by atoms with E-state index in [1.54, 1.807) is 0 Å². The summed E-state index contributed by atoms with van der Waals surface area (Å²) in [5.41, 5.74) is -1.50. The average Bonchev–Trinajstić information content (AvgIpc) is 2.82. The summed E-state index contributed by atoms with van der Waals surface area (Å²) in [6, 6.07) is 3.50. The van der Waals surface area contributed by atoms with E-state index >= 15 is 0 Å². The number of rotatable bonds is 4. The van der Waals surface area contributed by atoms with Gasteiger partial charge in [-0.1, -0.05) is 11.3 Å². The highest BCUT2D eigenvalue weighted by atomic mass is 32.2. The van der Waals surface area contributed by atoms with Crippen LogP contribution in [0.15, 0.2) is 29.4 Å². The second-order valence-electron chi connectivity index (χ2n) is 5.33. The molecule has 0 atom stereocenters. The SMILES string of the molecule is Cn1nncc1S(=O)(=O)NC1(c2c(F)cccc2F)CCC1. The number of benzene rings is 1. The number of sulfonamides is 1. The van der Waals surface area contributed by atoms with E-state index in [1.165, 1.54) is 13.1 Å². The van der Waals surface area contributed by atoms with Crippen LogP contribution in [0.1, 0.15) is 24.8 Å². The molecule has 0 saturated heterocycles. The number of halogens is 2. The first kappa shape index (κ1) is 15.0. The minimum absolute atomic E-state index is 0.157. The molecule has 1 aliphatic carbocycles. The van der Waals surface area contributed by atoms with Gasteiger partial charge in [0, 0.05) is 12.6 Å². The van der Waals surface area contributed by atoms with Gasteiger partial charge in [-0.05, 0) is 31.4 Å². The maximum absolute atomic E-state index is 14.1. The molecular formula is C13H14F2N4O2S. The number of aryl methyl sites for hydroxylation is 1. The van der Waals surface area contributed by atoms with Crippen LogP contribution in [0.2, 0.25) is 0 Å². The summed E-state index contributed by atoms with van der Waals surface area (Å²) in [4.78, 5) is 0. The summed E-state index contributed by atoms with van der Waals surface area (Å²) >= 11 is 0. The van der Waals surface area contributed by atoms with Crippen LogP contribution in [0.25, 0.3) is 0 Å². The molecule has 22 heavy (non-hydrogen) atoms. The Balaban J connectivity index is 2.04. The predicted octanol–water partition coefficient (Wildman–Crippen LogP) is 1.45. The van der Waals surface area contributed by atoms with Gasteiger partial charge in [-0.3, -0.25) is 0 Å². The summed E-state index contributed by atoms with van der Waals surface area (Å²) in [6.07, 6.45) is 2.43. The van der Waals surface area contributed by atoms with Crippen molar-refractivity contribution in [2.75, 3.05) is 0 Å². The highest BCUT2D eigenvalue weighted by Gasteiger charge is 2.46. The number of aromatic nitrogens is 3. The topological polar surface area (TPSA) is 76.9 Å². The van der Waals surface area contributed by atoms with Crippen LogP contribution in [0.4, 0.5) is 8.78 Å². The van der Waals surface area contributed by atoms with E-state index in [2.05, 4.69) is 15.0 Å². The van der Waals surface area contributed by atoms with Gasteiger partial charge in [0.2, 0.25) is 0 Å². The first-order valence-corrected chi connectivity index (χ1v) is 8.17. The van der Waals surface area contributed by atoms with Crippen molar-refractivity contribution in [1.29, 1.82) is 0 Å². The Kier molecular flexibility index (Phi) is 3.48. The van der Waals surface area contributed by atoms with E-state index in [9.17, 15) is 17.2 Å². The lowest BCUT2D eigenvalue weighted by Crippen LogP contribution is -2.52. The van der Waals surface area contributed by atoms with Crippen LogP contribution in [0.3, 0.4) is 0 Å². The maximum atomic E-state index is 14.1. The van der Waals surface area contributed by atoms with E-state index < -0.39 is 27.2 Å². The van der Waals surface area contributed by atoms with E-state index in [-0.39, 0.29) is 10.6 Å². The lowest BCUT2D eigenvalue weighted by Gasteiger charge is -2.42. The molecule has 2 aromatic rings. The summed E-state index contributed by atoms with van der Waals surface area (Å²) in [7, 11) is -2.56. The normalized spacial score (nSPS) is 17.2. The zero-order valence-electron chi connectivity index (χ0n) is 11.8. The fraction of sp³-hybridized carbons (Fsp3) is 0.385. The lowest BCUT2D eigenvalue weighted by atomic mass is 9.72.